The van der Waals surface area contributed by atoms with Crippen LogP contribution in [0.5, 0.6) is 11.6 Å². The maximum absolute atomic E-state index is 6.01. The summed E-state index contributed by atoms with van der Waals surface area (Å²) in [4.78, 5) is 17.9. The number of nitrogens with zero attached hydrogens (tertiary/aromatic N) is 5. The Kier molecular flexibility index (Phi) is 5.74. The summed E-state index contributed by atoms with van der Waals surface area (Å²) in [6, 6.07) is 18.8. The van der Waals surface area contributed by atoms with E-state index in [0.717, 1.165) is 52.6 Å². The Bertz CT molecular complexity index is 1510. The third kappa shape index (κ3) is 4.31. The van der Waals surface area contributed by atoms with Crippen molar-refractivity contribution < 1.29 is 4.74 Å². The van der Waals surface area contributed by atoms with Crippen molar-refractivity contribution in [1.29, 1.82) is 0 Å². The molecule has 2 aromatic carbocycles. The van der Waals surface area contributed by atoms with E-state index in [1.165, 1.54) is 50.9 Å². The minimum atomic E-state index is 0.544. The van der Waals surface area contributed by atoms with Gasteiger partial charge in [-0.05, 0) is 69.1 Å². The van der Waals surface area contributed by atoms with Gasteiger partial charge in [0.15, 0.2) is 11.6 Å². The van der Waals surface area contributed by atoms with Gasteiger partial charge in [0.05, 0.1) is 11.0 Å². The molecule has 7 rings (SSSR count). The van der Waals surface area contributed by atoms with E-state index in [2.05, 4.69) is 48.2 Å². The zero-order valence-electron chi connectivity index (χ0n) is 20.9. The Balaban J connectivity index is 1.12. The van der Waals surface area contributed by atoms with Crippen molar-refractivity contribution in [2.75, 3.05) is 31.1 Å². The number of likely N-dealkylation sites (tertiary alicyclic amines) is 1. The monoisotopic (exact) mass is 493 g/mol. The Morgan fingerprint density at radius 1 is 0.892 bits per heavy atom. The molecule has 0 atom stereocenters. The summed E-state index contributed by atoms with van der Waals surface area (Å²) < 4.78 is 6.01. The summed E-state index contributed by atoms with van der Waals surface area (Å²) in [6.45, 7) is 4.78. The summed E-state index contributed by atoms with van der Waals surface area (Å²) in [5.74, 6) is 1.97. The van der Waals surface area contributed by atoms with Crippen LogP contribution in [-0.2, 0) is 0 Å². The lowest BCUT2D eigenvalue weighted by molar-refractivity contribution is 0.141. The van der Waals surface area contributed by atoms with Gasteiger partial charge in [-0.1, -0.05) is 24.6 Å². The second-order valence-electron chi connectivity index (χ2n) is 10.1. The fourth-order valence-corrected chi connectivity index (χ4v) is 5.88. The minimum absolute atomic E-state index is 0.544. The molecule has 8 heteroatoms. The number of aromatic nitrogens is 5. The van der Waals surface area contributed by atoms with Crippen LogP contribution >= 0.6 is 0 Å². The lowest BCUT2D eigenvalue weighted by Gasteiger charge is -2.41. The van der Waals surface area contributed by atoms with E-state index >= 15 is 0 Å². The standard InChI is InChI=1S/C29H31N7O/c1-4-15-35(16-5-1)20-12-17-36(18-13-20)21-10-11-23-24(19-21)32-29(31-23)28-22-7-6-8-25(27(22)33-34-28)37-26-9-2-3-14-30-26/h2-3,6-11,14,19-20H,1,4-5,12-13,15-18H2,(H,31,32)(H,33,34). The van der Waals surface area contributed by atoms with Crippen LogP contribution in [-0.4, -0.2) is 62.3 Å². The summed E-state index contributed by atoms with van der Waals surface area (Å²) >= 11 is 0. The molecule has 2 N–H and O–H groups in total. The van der Waals surface area contributed by atoms with Crippen LogP contribution in [0.25, 0.3) is 33.5 Å². The Hall–Kier alpha value is -3.91. The van der Waals surface area contributed by atoms with E-state index in [1.807, 2.05) is 36.4 Å². The van der Waals surface area contributed by atoms with Crippen LogP contribution < -0.4 is 9.64 Å². The summed E-state index contributed by atoms with van der Waals surface area (Å²) in [7, 11) is 0. The van der Waals surface area contributed by atoms with Crippen molar-refractivity contribution in [2.24, 2.45) is 0 Å². The van der Waals surface area contributed by atoms with Crippen LogP contribution in [0.1, 0.15) is 32.1 Å². The van der Waals surface area contributed by atoms with Gasteiger partial charge < -0.3 is 19.5 Å². The fraction of sp³-hybridized carbons (Fsp3) is 0.345. The van der Waals surface area contributed by atoms with Gasteiger partial charge in [0, 0.05) is 42.5 Å². The largest absolute Gasteiger partial charge is 0.437 e. The average Bonchev–Trinajstić information content (AvgIpc) is 3.59. The van der Waals surface area contributed by atoms with Gasteiger partial charge in [-0.15, -0.1) is 0 Å². The number of aromatic amines is 2. The SMILES string of the molecule is c1ccc(Oc2cccc3c(-c4nc5ccc(N6CCC(N7CCCCC7)CC6)cc5[nH]4)n[nH]c23)nc1. The minimum Gasteiger partial charge on any atom is -0.437 e. The van der Waals surface area contributed by atoms with E-state index in [-0.39, 0.29) is 0 Å². The number of imidazole rings is 1. The van der Waals surface area contributed by atoms with Crippen LogP contribution in [0, 0.1) is 0 Å². The molecule has 8 nitrogen and oxygen atoms in total. The first-order valence-corrected chi connectivity index (χ1v) is 13.4. The number of fused-ring (bicyclic) bond motifs is 2. The molecule has 37 heavy (non-hydrogen) atoms. The molecular weight excluding hydrogens is 462 g/mol. The van der Waals surface area contributed by atoms with Crippen molar-refractivity contribution in [3.8, 4) is 23.1 Å². The summed E-state index contributed by atoms with van der Waals surface area (Å²) in [5, 5.41) is 8.68. The quantitative estimate of drug-likeness (QED) is 0.324. The number of hydrogen-bond acceptors (Lipinski definition) is 6. The number of anilines is 1. The van der Waals surface area contributed by atoms with Crippen LogP contribution in [0.2, 0.25) is 0 Å². The first kappa shape index (κ1) is 22.3. The fourth-order valence-electron chi connectivity index (χ4n) is 5.88. The number of benzene rings is 2. The highest BCUT2D eigenvalue weighted by atomic mass is 16.5. The highest BCUT2D eigenvalue weighted by Crippen LogP contribution is 2.34. The molecule has 3 aromatic heterocycles. The predicted molar refractivity (Wildman–Crippen MR) is 146 cm³/mol. The second-order valence-corrected chi connectivity index (χ2v) is 10.1. The summed E-state index contributed by atoms with van der Waals surface area (Å²) in [5.41, 5.74) is 4.84. The number of piperidine rings is 2. The van der Waals surface area contributed by atoms with Crippen molar-refractivity contribution in [3.05, 3.63) is 60.8 Å². The average molecular weight is 494 g/mol. The van der Waals surface area contributed by atoms with Gasteiger partial charge in [0.25, 0.3) is 0 Å². The van der Waals surface area contributed by atoms with Crippen molar-refractivity contribution >= 4 is 27.6 Å². The number of rotatable bonds is 5. The molecule has 0 saturated carbocycles. The maximum Gasteiger partial charge on any atom is 0.219 e. The Morgan fingerprint density at radius 2 is 1.78 bits per heavy atom. The van der Waals surface area contributed by atoms with Gasteiger partial charge in [0.1, 0.15) is 11.2 Å². The van der Waals surface area contributed by atoms with Gasteiger partial charge in [-0.25, -0.2) is 9.97 Å². The molecule has 0 spiro atoms. The molecule has 2 saturated heterocycles. The molecule has 2 aliphatic rings. The van der Waals surface area contributed by atoms with E-state index < -0.39 is 0 Å². The van der Waals surface area contributed by atoms with Crippen molar-refractivity contribution in [2.45, 2.75) is 38.1 Å². The lowest BCUT2D eigenvalue weighted by Crippen LogP contribution is -2.46. The molecule has 0 unspecified atom stereocenters. The van der Waals surface area contributed by atoms with Gasteiger partial charge in [-0.2, -0.15) is 5.10 Å². The number of nitrogens with one attached hydrogen (secondary N) is 2. The zero-order valence-corrected chi connectivity index (χ0v) is 20.9. The smallest absolute Gasteiger partial charge is 0.219 e. The maximum atomic E-state index is 6.01. The Morgan fingerprint density at radius 3 is 2.62 bits per heavy atom. The molecule has 0 amide bonds. The number of ether oxygens (including phenoxy) is 1. The lowest BCUT2D eigenvalue weighted by atomic mass is 9.99. The van der Waals surface area contributed by atoms with Crippen LogP contribution in [0.4, 0.5) is 5.69 Å². The van der Waals surface area contributed by atoms with Gasteiger partial charge in [-0.3, -0.25) is 5.10 Å². The molecule has 0 bridgehead atoms. The molecule has 5 aromatic rings. The van der Waals surface area contributed by atoms with E-state index in [1.54, 1.807) is 6.20 Å². The third-order valence-electron chi connectivity index (χ3n) is 7.84. The molecule has 0 aliphatic carbocycles. The topological polar surface area (TPSA) is 86.0 Å². The predicted octanol–water partition coefficient (Wildman–Crippen LogP) is 5.75. The highest BCUT2D eigenvalue weighted by Gasteiger charge is 2.26. The zero-order chi connectivity index (χ0) is 24.6. The Labute approximate surface area is 215 Å². The third-order valence-corrected chi connectivity index (χ3v) is 7.84. The van der Waals surface area contributed by atoms with Gasteiger partial charge >= 0.3 is 0 Å². The van der Waals surface area contributed by atoms with E-state index in [0.29, 0.717) is 11.6 Å². The molecule has 2 aliphatic heterocycles. The highest BCUT2D eigenvalue weighted by molar-refractivity contribution is 5.96. The molecule has 5 heterocycles. The number of hydrogen-bond donors (Lipinski definition) is 2. The van der Waals surface area contributed by atoms with E-state index in [4.69, 9.17) is 9.72 Å². The van der Waals surface area contributed by atoms with Crippen molar-refractivity contribution in [3.63, 3.8) is 0 Å². The van der Waals surface area contributed by atoms with Crippen LogP contribution in [0.15, 0.2) is 60.8 Å². The van der Waals surface area contributed by atoms with Crippen molar-refractivity contribution in [1.82, 2.24) is 30.0 Å². The first-order chi connectivity index (χ1) is 18.3. The normalized spacial score (nSPS) is 17.6. The number of para-hydroxylation sites is 1. The van der Waals surface area contributed by atoms with Gasteiger partial charge in [0.2, 0.25) is 5.88 Å². The summed E-state index contributed by atoms with van der Waals surface area (Å²) in [6.07, 6.45) is 8.33. The number of H-pyrrole nitrogens is 2. The first-order valence-electron chi connectivity index (χ1n) is 13.4. The van der Waals surface area contributed by atoms with E-state index in [9.17, 15) is 0 Å². The molecular formula is C29H31N7O. The second kappa shape index (κ2) is 9.52. The molecule has 0 radical (unpaired) electrons. The molecule has 2 fully saturated rings. The number of pyridine rings is 1. The molecule has 188 valence electrons. The van der Waals surface area contributed by atoms with Crippen LogP contribution in [0.3, 0.4) is 0 Å².